The van der Waals surface area contributed by atoms with E-state index >= 15 is 0 Å². The zero-order chi connectivity index (χ0) is 17.7. The van der Waals surface area contributed by atoms with Gasteiger partial charge in [-0.25, -0.2) is 0 Å². The summed E-state index contributed by atoms with van der Waals surface area (Å²) in [5.41, 5.74) is 0. The number of ether oxygens (including phenoxy) is 2. The van der Waals surface area contributed by atoms with E-state index in [-0.39, 0.29) is 0 Å². The summed E-state index contributed by atoms with van der Waals surface area (Å²) in [6, 6.07) is 19.7. The van der Waals surface area contributed by atoms with Crippen LogP contribution < -0.4 is 20.2 Å². The van der Waals surface area contributed by atoms with Gasteiger partial charge in [-0.15, -0.1) is 0 Å². The zero-order valence-electron chi connectivity index (χ0n) is 15.0. The van der Waals surface area contributed by atoms with Crippen LogP contribution in [0.4, 0.5) is 0 Å². The maximum absolute atomic E-state index is 5.36. The molecule has 0 saturated heterocycles. The molecule has 0 aliphatic carbocycles. The smallest absolute Gasteiger partial charge is 0.144 e. The van der Waals surface area contributed by atoms with Gasteiger partial charge in [-0.1, -0.05) is 36.4 Å². The molecule has 0 unspecified atom stereocenters. The molecule has 2 aromatic rings. The lowest BCUT2D eigenvalue weighted by atomic mass is 10.2. The molecule has 132 valence electrons. The lowest BCUT2D eigenvalue weighted by Gasteiger charge is -1.99. The monoisotopic (exact) mass is 338 g/mol. The van der Waals surface area contributed by atoms with Gasteiger partial charge in [0.15, 0.2) is 0 Å². The number of rotatable bonds is 8. The molecule has 0 amide bonds. The molecule has 4 nitrogen and oxygen atoms in total. The van der Waals surface area contributed by atoms with Gasteiger partial charge in [0, 0.05) is 13.1 Å². The Bertz CT molecular complexity index is 721. The molecule has 0 atom stereocenters. The first-order chi connectivity index (χ1) is 12.3. The van der Waals surface area contributed by atoms with Gasteiger partial charge >= 0.3 is 0 Å². The van der Waals surface area contributed by atoms with Crippen LogP contribution in [0.25, 0.3) is 0 Å². The molecule has 0 bridgehead atoms. The van der Waals surface area contributed by atoms with Crippen molar-refractivity contribution >= 4 is 0 Å². The first-order valence-electron chi connectivity index (χ1n) is 8.63. The number of methoxy groups -OCH3 is 2. The van der Waals surface area contributed by atoms with Gasteiger partial charge in [0.25, 0.3) is 0 Å². The molecule has 0 saturated carbocycles. The SMILES string of the molecule is COc1cccccc1=NCCCCCN=c1cccccc1OC. The van der Waals surface area contributed by atoms with Gasteiger partial charge in [0.05, 0.1) is 24.9 Å². The molecular formula is C21H26N2O2. The van der Waals surface area contributed by atoms with Crippen LogP contribution in [0.15, 0.2) is 70.6 Å². The van der Waals surface area contributed by atoms with E-state index in [0.717, 1.165) is 54.6 Å². The van der Waals surface area contributed by atoms with Crippen LogP contribution in [0.3, 0.4) is 0 Å². The standard InChI is InChI=1S/C21H26N2O2/c1-24-20-14-8-3-6-12-18(20)22-16-10-5-11-17-23-19-13-7-4-9-15-21(19)25-2/h3-4,6-9,12-15H,5,10-11,16-17H2,1-2H3. The van der Waals surface area contributed by atoms with Gasteiger partial charge in [0.2, 0.25) is 0 Å². The Balaban J connectivity index is 1.84. The highest BCUT2D eigenvalue weighted by Crippen LogP contribution is 2.02. The molecule has 0 spiro atoms. The summed E-state index contributed by atoms with van der Waals surface area (Å²) in [7, 11) is 3.35. The van der Waals surface area contributed by atoms with Gasteiger partial charge in [0.1, 0.15) is 11.5 Å². The summed E-state index contributed by atoms with van der Waals surface area (Å²) in [6.45, 7) is 1.59. The lowest BCUT2D eigenvalue weighted by Crippen LogP contribution is -2.05. The van der Waals surface area contributed by atoms with Crippen LogP contribution in [0.1, 0.15) is 19.3 Å². The van der Waals surface area contributed by atoms with Crippen molar-refractivity contribution in [2.45, 2.75) is 19.3 Å². The van der Waals surface area contributed by atoms with Crippen LogP contribution in [0, 0.1) is 0 Å². The van der Waals surface area contributed by atoms with Crippen molar-refractivity contribution in [1.82, 2.24) is 0 Å². The fourth-order valence-electron chi connectivity index (χ4n) is 2.45. The maximum atomic E-state index is 5.36. The minimum Gasteiger partial charge on any atom is -0.495 e. The van der Waals surface area contributed by atoms with E-state index in [4.69, 9.17) is 9.47 Å². The molecule has 0 fully saturated rings. The van der Waals surface area contributed by atoms with Crippen molar-refractivity contribution in [2.24, 2.45) is 9.98 Å². The second kappa shape index (κ2) is 11.0. The molecule has 0 heterocycles. The van der Waals surface area contributed by atoms with Gasteiger partial charge in [-0.05, 0) is 43.5 Å². The predicted octanol–water partition coefficient (Wildman–Crippen LogP) is 3.38. The van der Waals surface area contributed by atoms with E-state index in [9.17, 15) is 0 Å². The molecule has 0 radical (unpaired) electrons. The Morgan fingerprint density at radius 1 is 0.600 bits per heavy atom. The number of hydrogen-bond donors (Lipinski definition) is 0. The maximum Gasteiger partial charge on any atom is 0.144 e. The van der Waals surface area contributed by atoms with E-state index in [2.05, 4.69) is 9.98 Å². The van der Waals surface area contributed by atoms with E-state index < -0.39 is 0 Å². The zero-order valence-corrected chi connectivity index (χ0v) is 15.0. The number of unbranched alkanes of at least 4 members (excludes halogenated alkanes) is 2. The van der Waals surface area contributed by atoms with Gasteiger partial charge < -0.3 is 9.47 Å². The van der Waals surface area contributed by atoms with Crippen LogP contribution in [-0.2, 0) is 0 Å². The molecule has 25 heavy (non-hydrogen) atoms. The quantitative estimate of drug-likeness (QED) is 0.693. The summed E-state index contributed by atoms with van der Waals surface area (Å²) in [5.74, 6) is 1.62. The third-order valence-corrected chi connectivity index (χ3v) is 3.77. The Hall–Kier alpha value is -2.62. The molecule has 0 N–H and O–H groups in total. The third-order valence-electron chi connectivity index (χ3n) is 3.77. The van der Waals surface area contributed by atoms with Crippen LogP contribution >= 0.6 is 0 Å². The second-order valence-corrected chi connectivity index (χ2v) is 5.55. The minimum atomic E-state index is 0.796. The second-order valence-electron chi connectivity index (χ2n) is 5.55. The summed E-state index contributed by atoms with van der Waals surface area (Å²) in [4.78, 5) is 9.27. The predicted molar refractivity (Wildman–Crippen MR) is 101 cm³/mol. The third kappa shape index (κ3) is 6.42. The normalized spacial score (nSPS) is 12.1. The van der Waals surface area contributed by atoms with Gasteiger partial charge in [-0.3, -0.25) is 9.98 Å². The van der Waals surface area contributed by atoms with Crippen LogP contribution in [0.5, 0.6) is 11.5 Å². The molecule has 4 heteroatoms. The van der Waals surface area contributed by atoms with E-state index in [1.165, 1.54) is 0 Å². The first-order valence-corrected chi connectivity index (χ1v) is 8.63. The summed E-state index contributed by atoms with van der Waals surface area (Å²) in [5, 5.41) is 1.80. The van der Waals surface area contributed by atoms with Crippen molar-refractivity contribution in [3.8, 4) is 11.5 Å². The molecule has 0 aromatic heterocycles. The topological polar surface area (TPSA) is 43.2 Å². The Morgan fingerprint density at radius 2 is 1.04 bits per heavy atom. The van der Waals surface area contributed by atoms with Crippen LogP contribution in [0.2, 0.25) is 0 Å². The van der Waals surface area contributed by atoms with Gasteiger partial charge in [-0.2, -0.15) is 0 Å². The highest BCUT2D eigenvalue weighted by molar-refractivity contribution is 5.20. The van der Waals surface area contributed by atoms with Crippen molar-refractivity contribution in [3.05, 3.63) is 71.4 Å². The average Bonchev–Trinajstić information content (AvgIpc) is 3.00. The number of nitrogens with zero attached hydrogens (tertiary/aromatic N) is 2. The highest BCUT2D eigenvalue weighted by atomic mass is 16.5. The molecule has 2 rings (SSSR count). The van der Waals surface area contributed by atoms with E-state index in [0.29, 0.717) is 0 Å². The Labute approximate surface area is 149 Å². The summed E-state index contributed by atoms with van der Waals surface area (Å²) >= 11 is 0. The van der Waals surface area contributed by atoms with Crippen molar-refractivity contribution < 1.29 is 9.47 Å². The minimum absolute atomic E-state index is 0.796. The summed E-state index contributed by atoms with van der Waals surface area (Å²) < 4.78 is 10.7. The summed E-state index contributed by atoms with van der Waals surface area (Å²) in [6.07, 6.45) is 3.17. The van der Waals surface area contributed by atoms with E-state index in [1.807, 2.05) is 60.7 Å². The average molecular weight is 338 g/mol. The first kappa shape index (κ1) is 18.7. The largest absolute Gasteiger partial charge is 0.495 e. The molecule has 0 aliphatic rings. The Kier molecular flexibility index (Phi) is 8.25. The molecule has 2 aromatic carbocycles. The number of hydrogen-bond acceptors (Lipinski definition) is 4. The molecule has 0 aliphatic heterocycles. The van der Waals surface area contributed by atoms with Crippen molar-refractivity contribution in [1.29, 1.82) is 0 Å². The Morgan fingerprint density at radius 3 is 1.48 bits per heavy atom. The molecular weight excluding hydrogens is 312 g/mol. The van der Waals surface area contributed by atoms with Crippen molar-refractivity contribution in [2.75, 3.05) is 27.3 Å². The highest BCUT2D eigenvalue weighted by Gasteiger charge is 1.94. The fourth-order valence-corrected chi connectivity index (χ4v) is 2.45. The fraction of sp³-hybridized carbons (Fsp3) is 0.333. The lowest BCUT2D eigenvalue weighted by molar-refractivity contribution is 0.409. The van der Waals surface area contributed by atoms with Crippen LogP contribution in [-0.4, -0.2) is 27.3 Å². The van der Waals surface area contributed by atoms with E-state index in [1.54, 1.807) is 14.2 Å². The van der Waals surface area contributed by atoms with Crippen molar-refractivity contribution in [3.63, 3.8) is 0 Å².